The summed E-state index contributed by atoms with van der Waals surface area (Å²) in [6, 6.07) is 0. The van der Waals surface area contributed by atoms with Crippen LogP contribution in [0.3, 0.4) is 0 Å². The fourth-order valence-corrected chi connectivity index (χ4v) is 1.57. The molecular formula is C10H11Cl3N2O2. The van der Waals surface area contributed by atoms with Gasteiger partial charge in [0.1, 0.15) is 5.69 Å². The van der Waals surface area contributed by atoms with Crippen LogP contribution < -0.4 is 5.32 Å². The summed E-state index contributed by atoms with van der Waals surface area (Å²) in [4.78, 5) is 15.6. The molecule has 1 aromatic heterocycles. The normalized spacial score (nSPS) is 11.4. The Labute approximate surface area is 114 Å². The highest BCUT2D eigenvalue weighted by atomic mass is 35.5. The van der Waals surface area contributed by atoms with Gasteiger partial charge in [-0.25, -0.2) is 4.98 Å². The second kappa shape index (κ2) is 5.40. The Bertz CT molecular complexity index is 449. The van der Waals surface area contributed by atoms with Crippen molar-refractivity contribution in [1.82, 2.24) is 10.3 Å². The summed E-state index contributed by atoms with van der Waals surface area (Å²) in [6.07, 6.45) is 1.25. The number of hydrogen-bond donors (Lipinski definition) is 2. The molecule has 0 aliphatic heterocycles. The molecule has 1 aromatic rings. The van der Waals surface area contributed by atoms with Crippen LogP contribution in [-0.2, 0) is 0 Å². The molecule has 0 saturated heterocycles. The molecule has 0 aliphatic rings. The zero-order valence-corrected chi connectivity index (χ0v) is 11.5. The van der Waals surface area contributed by atoms with Crippen molar-refractivity contribution in [2.45, 2.75) is 19.4 Å². The summed E-state index contributed by atoms with van der Waals surface area (Å²) in [6.45, 7) is 3.12. The van der Waals surface area contributed by atoms with Crippen molar-refractivity contribution in [3.63, 3.8) is 0 Å². The predicted octanol–water partition coefficient (Wildman–Crippen LogP) is 2.54. The molecule has 1 rings (SSSR count). The molecule has 2 N–H and O–H groups in total. The second-order valence-electron chi connectivity index (χ2n) is 4.08. The molecule has 1 amide bonds. The van der Waals surface area contributed by atoms with E-state index in [1.54, 1.807) is 13.8 Å². The molecule has 0 spiro atoms. The van der Waals surface area contributed by atoms with Crippen LogP contribution in [0, 0.1) is 0 Å². The smallest absolute Gasteiger partial charge is 0.271 e. The van der Waals surface area contributed by atoms with Gasteiger partial charge >= 0.3 is 0 Å². The van der Waals surface area contributed by atoms with Crippen LogP contribution in [-0.4, -0.2) is 28.1 Å². The number of aliphatic hydroxyl groups is 1. The maximum absolute atomic E-state index is 11.8. The molecule has 17 heavy (non-hydrogen) atoms. The molecule has 0 bridgehead atoms. The van der Waals surface area contributed by atoms with E-state index in [-0.39, 0.29) is 27.4 Å². The Morgan fingerprint density at radius 3 is 2.53 bits per heavy atom. The highest BCUT2D eigenvalue weighted by Gasteiger charge is 2.23. The molecule has 0 atom stereocenters. The Morgan fingerprint density at radius 1 is 1.41 bits per heavy atom. The van der Waals surface area contributed by atoms with Gasteiger partial charge in [0.25, 0.3) is 5.91 Å². The summed E-state index contributed by atoms with van der Waals surface area (Å²) in [5.41, 5.74) is -0.795. The zero-order chi connectivity index (χ0) is 13.2. The number of nitrogens with one attached hydrogen (secondary N) is 1. The topological polar surface area (TPSA) is 62.2 Å². The van der Waals surface area contributed by atoms with Gasteiger partial charge < -0.3 is 10.4 Å². The Kier molecular flexibility index (Phi) is 4.61. The largest absolute Gasteiger partial charge is 0.394 e. The fraction of sp³-hybridized carbons (Fsp3) is 0.400. The molecule has 0 radical (unpaired) electrons. The van der Waals surface area contributed by atoms with E-state index >= 15 is 0 Å². The molecule has 1 heterocycles. The van der Waals surface area contributed by atoms with Gasteiger partial charge in [-0.2, -0.15) is 0 Å². The molecule has 7 heteroatoms. The number of carbonyl (C=O) groups is 1. The van der Waals surface area contributed by atoms with Crippen molar-refractivity contribution in [2.24, 2.45) is 0 Å². The van der Waals surface area contributed by atoms with E-state index in [1.165, 1.54) is 6.20 Å². The number of pyridine rings is 1. The van der Waals surface area contributed by atoms with Crippen LogP contribution in [0.15, 0.2) is 6.20 Å². The van der Waals surface area contributed by atoms with Crippen molar-refractivity contribution in [3.05, 3.63) is 27.0 Å². The average Bonchev–Trinajstić information content (AvgIpc) is 2.25. The predicted molar refractivity (Wildman–Crippen MR) is 67.9 cm³/mol. The van der Waals surface area contributed by atoms with E-state index in [0.29, 0.717) is 0 Å². The van der Waals surface area contributed by atoms with Gasteiger partial charge in [0.2, 0.25) is 0 Å². The van der Waals surface area contributed by atoms with E-state index < -0.39 is 11.4 Å². The second-order valence-corrected chi connectivity index (χ2v) is 5.24. The minimum Gasteiger partial charge on any atom is -0.394 e. The van der Waals surface area contributed by atoms with Crippen LogP contribution >= 0.6 is 34.8 Å². The highest BCUT2D eigenvalue weighted by molar-refractivity contribution is 6.48. The monoisotopic (exact) mass is 296 g/mol. The van der Waals surface area contributed by atoms with Crippen LogP contribution in [0.5, 0.6) is 0 Å². The van der Waals surface area contributed by atoms with E-state index in [9.17, 15) is 4.79 Å². The Morgan fingerprint density at radius 2 is 2.00 bits per heavy atom. The molecule has 0 aromatic carbocycles. The lowest BCUT2D eigenvalue weighted by atomic mass is 10.1. The third-order valence-corrected chi connectivity index (χ3v) is 3.22. The van der Waals surface area contributed by atoms with E-state index in [0.717, 1.165) is 0 Å². The molecule has 4 nitrogen and oxygen atoms in total. The van der Waals surface area contributed by atoms with Gasteiger partial charge in [0.05, 0.1) is 27.2 Å². The van der Waals surface area contributed by atoms with Gasteiger partial charge in [0, 0.05) is 6.20 Å². The van der Waals surface area contributed by atoms with Crippen LogP contribution in [0.4, 0.5) is 0 Å². The van der Waals surface area contributed by atoms with Crippen LogP contribution in [0.25, 0.3) is 0 Å². The first-order valence-corrected chi connectivity index (χ1v) is 5.85. The number of nitrogens with zero attached hydrogens (tertiary/aromatic N) is 1. The standard InChI is InChI=1S/C10H11Cl3N2O2/c1-10(2,4-16)15-9(17)8-7(13)6(12)5(11)3-14-8/h3,16H,4H2,1-2H3,(H,15,17). The quantitative estimate of drug-likeness (QED) is 0.901. The van der Waals surface area contributed by atoms with Gasteiger partial charge in [0.15, 0.2) is 0 Å². The zero-order valence-electron chi connectivity index (χ0n) is 9.22. The summed E-state index contributed by atoms with van der Waals surface area (Å²) in [7, 11) is 0. The first-order chi connectivity index (χ1) is 7.78. The van der Waals surface area contributed by atoms with Gasteiger partial charge in [-0.15, -0.1) is 0 Å². The van der Waals surface area contributed by atoms with Crippen LogP contribution in [0.1, 0.15) is 24.3 Å². The Balaban J connectivity index is 3.02. The van der Waals surface area contributed by atoms with Crippen molar-refractivity contribution in [2.75, 3.05) is 6.61 Å². The minimum absolute atomic E-state index is 0.00888. The third kappa shape index (κ3) is 3.45. The fourth-order valence-electron chi connectivity index (χ4n) is 1.01. The number of rotatable bonds is 3. The van der Waals surface area contributed by atoms with Crippen molar-refractivity contribution in [1.29, 1.82) is 0 Å². The molecule has 0 aliphatic carbocycles. The van der Waals surface area contributed by atoms with E-state index in [2.05, 4.69) is 10.3 Å². The Hall–Kier alpha value is -0.550. The summed E-state index contributed by atoms with van der Waals surface area (Å²) < 4.78 is 0. The lowest BCUT2D eigenvalue weighted by Crippen LogP contribution is -2.46. The third-order valence-electron chi connectivity index (χ3n) is 1.98. The summed E-state index contributed by atoms with van der Waals surface area (Å²) >= 11 is 17.4. The molecule has 0 fully saturated rings. The summed E-state index contributed by atoms with van der Waals surface area (Å²) in [5.74, 6) is -0.521. The number of aliphatic hydroxyl groups excluding tert-OH is 1. The maximum atomic E-state index is 11.8. The average molecular weight is 298 g/mol. The van der Waals surface area contributed by atoms with Crippen molar-refractivity contribution < 1.29 is 9.90 Å². The number of amides is 1. The van der Waals surface area contributed by atoms with Gasteiger partial charge in [-0.05, 0) is 13.8 Å². The number of aromatic nitrogens is 1. The maximum Gasteiger partial charge on any atom is 0.271 e. The van der Waals surface area contributed by atoms with Gasteiger partial charge in [-0.1, -0.05) is 34.8 Å². The molecule has 0 saturated carbocycles. The first kappa shape index (κ1) is 14.5. The van der Waals surface area contributed by atoms with Crippen LogP contribution in [0.2, 0.25) is 15.1 Å². The van der Waals surface area contributed by atoms with Crippen molar-refractivity contribution >= 4 is 40.7 Å². The lowest BCUT2D eigenvalue weighted by molar-refractivity contribution is 0.0864. The van der Waals surface area contributed by atoms with Gasteiger partial charge in [-0.3, -0.25) is 4.79 Å². The first-order valence-electron chi connectivity index (χ1n) is 4.71. The number of hydrogen-bond acceptors (Lipinski definition) is 3. The molecule has 0 unspecified atom stereocenters. The number of halogens is 3. The molecular weight excluding hydrogens is 286 g/mol. The number of carbonyl (C=O) groups excluding carboxylic acids is 1. The summed E-state index contributed by atoms with van der Waals surface area (Å²) in [5, 5.41) is 11.9. The lowest BCUT2D eigenvalue weighted by Gasteiger charge is -2.23. The minimum atomic E-state index is -0.770. The SMILES string of the molecule is CC(C)(CO)NC(=O)c1ncc(Cl)c(Cl)c1Cl. The highest BCUT2D eigenvalue weighted by Crippen LogP contribution is 2.31. The molecule has 94 valence electrons. The van der Waals surface area contributed by atoms with E-state index in [1.807, 2.05) is 0 Å². The van der Waals surface area contributed by atoms with E-state index in [4.69, 9.17) is 39.9 Å². The van der Waals surface area contributed by atoms with Crippen molar-refractivity contribution in [3.8, 4) is 0 Å².